The number of ether oxygens (including phenoxy) is 4. The highest BCUT2D eigenvalue weighted by Crippen LogP contribution is 2.35. The molecule has 0 spiro atoms. The van der Waals surface area contributed by atoms with Gasteiger partial charge in [-0.2, -0.15) is 0 Å². The zero-order valence-electron chi connectivity index (χ0n) is 15.8. The third kappa shape index (κ3) is 3.98. The summed E-state index contributed by atoms with van der Waals surface area (Å²) in [5, 5.41) is 13.9. The second kappa shape index (κ2) is 7.93. The number of aromatic nitrogens is 2. The van der Waals surface area contributed by atoms with Crippen molar-refractivity contribution in [1.29, 1.82) is 0 Å². The van der Waals surface area contributed by atoms with Crippen LogP contribution in [0.15, 0.2) is 48.5 Å². The molecule has 1 amide bonds. The standard InChI is InChI=1S/C20H18N4O5/c1-26-13-4-5-14(17(10-13)27-2)22-20(25)15-6-8-19(24-23-15)21-12-3-7-16-18(9-12)29-11-28-16/h3-10H,11H2,1-2H3,(H,21,24)(H,22,25). The molecule has 0 saturated carbocycles. The summed E-state index contributed by atoms with van der Waals surface area (Å²) in [5.74, 6) is 2.54. The maximum atomic E-state index is 12.5. The SMILES string of the molecule is COc1ccc(NC(=O)c2ccc(Nc3ccc4c(c3)OCO4)nn2)c(OC)c1. The van der Waals surface area contributed by atoms with Crippen molar-refractivity contribution in [2.75, 3.05) is 31.6 Å². The Morgan fingerprint density at radius 2 is 1.83 bits per heavy atom. The monoisotopic (exact) mass is 394 g/mol. The van der Waals surface area contributed by atoms with Crippen molar-refractivity contribution in [1.82, 2.24) is 10.2 Å². The summed E-state index contributed by atoms with van der Waals surface area (Å²) in [6.07, 6.45) is 0. The number of fused-ring (bicyclic) bond motifs is 1. The summed E-state index contributed by atoms with van der Waals surface area (Å²) >= 11 is 0. The Balaban J connectivity index is 1.44. The van der Waals surface area contributed by atoms with Crippen molar-refractivity contribution in [2.24, 2.45) is 0 Å². The molecule has 2 heterocycles. The Morgan fingerprint density at radius 1 is 0.966 bits per heavy atom. The molecular weight excluding hydrogens is 376 g/mol. The van der Waals surface area contributed by atoms with Gasteiger partial charge in [-0.05, 0) is 36.4 Å². The minimum Gasteiger partial charge on any atom is -0.497 e. The van der Waals surface area contributed by atoms with Gasteiger partial charge in [0.25, 0.3) is 5.91 Å². The fourth-order valence-electron chi connectivity index (χ4n) is 2.73. The third-order valence-electron chi connectivity index (χ3n) is 4.20. The molecule has 9 nitrogen and oxygen atoms in total. The minimum absolute atomic E-state index is 0.166. The van der Waals surface area contributed by atoms with Crippen molar-refractivity contribution in [3.05, 3.63) is 54.2 Å². The number of anilines is 3. The lowest BCUT2D eigenvalue weighted by atomic mass is 10.2. The summed E-state index contributed by atoms with van der Waals surface area (Å²) in [7, 11) is 3.07. The van der Waals surface area contributed by atoms with E-state index in [0.29, 0.717) is 34.5 Å². The molecule has 1 aliphatic rings. The zero-order valence-corrected chi connectivity index (χ0v) is 15.8. The normalized spacial score (nSPS) is 11.7. The lowest BCUT2D eigenvalue weighted by Gasteiger charge is -2.11. The molecule has 29 heavy (non-hydrogen) atoms. The molecule has 1 aromatic heterocycles. The van der Waals surface area contributed by atoms with Gasteiger partial charge in [0.1, 0.15) is 11.5 Å². The number of hydrogen-bond acceptors (Lipinski definition) is 8. The van der Waals surface area contributed by atoms with Gasteiger partial charge in [-0.1, -0.05) is 0 Å². The van der Waals surface area contributed by atoms with Crippen LogP contribution in [0.4, 0.5) is 17.2 Å². The second-order valence-electron chi connectivity index (χ2n) is 6.02. The smallest absolute Gasteiger partial charge is 0.276 e. The fraction of sp³-hybridized carbons (Fsp3) is 0.150. The largest absolute Gasteiger partial charge is 0.497 e. The predicted molar refractivity (Wildman–Crippen MR) is 105 cm³/mol. The molecule has 4 rings (SSSR count). The summed E-state index contributed by atoms with van der Waals surface area (Å²) in [6, 6.07) is 13.8. The van der Waals surface area contributed by atoms with E-state index in [2.05, 4.69) is 20.8 Å². The average molecular weight is 394 g/mol. The molecule has 3 aromatic rings. The number of carbonyl (C=O) groups excluding carboxylic acids is 1. The van der Waals surface area contributed by atoms with Crippen LogP contribution >= 0.6 is 0 Å². The number of carbonyl (C=O) groups is 1. The van der Waals surface area contributed by atoms with E-state index in [4.69, 9.17) is 18.9 Å². The highest BCUT2D eigenvalue weighted by molar-refractivity contribution is 6.03. The van der Waals surface area contributed by atoms with E-state index < -0.39 is 5.91 Å². The third-order valence-corrected chi connectivity index (χ3v) is 4.20. The van der Waals surface area contributed by atoms with E-state index in [1.807, 2.05) is 12.1 Å². The number of benzene rings is 2. The van der Waals surface area contributed by atoms with Gasteiger partial charge in [-0.15, -0.1) is 10.2 Å². The van der Waals surface area contributed by atoms with Gasteiger partial charge in [0.05, 0.1) is 19.9 Å². The molecular formula is C20H18N4O5. The molecule has 9 heteroatoms. The molecule has 0 aliphatic carbocycles. The number of methoxy groups -OCH3 is 2. The number of amides is 1. The van der Waals surface area contributed by atoms with Crippen LogP contribution < -0.4 is 29.6 Å². The van der Waals surface area contributed by atoms with E-state index in [1.165, 1.54) is 7.11 Å². The molecule has 0 radical (unpaired) electrons. The van der Waals surface area contributed by atoms with Crippen molar-refractivity contribution >= 4 is 23.1 Å². The number of rotatable bonds is 6. The van der Waals surface area contributed by atoms with Gasteiger partial charge in [0.15, 0.2) is 23.0 Å². The predicted octanol–water partition coefficient (Wildman–Crippen LogP) is 3.22. The Morgan fingerprint density at radius 3 is 2.59 bits per heavy atom. The van der Waals surface area contributed by atoms with Gasteiger partial charge in [-0.3, -0.25) is 4.79 Å². The molecule has 2 N–H and O–H groups in total. The number of nitrogens with one attached hydrogen (secondary N) is 2. The first kappa shape index (κ1) is 18.4. The molecule has 0 unspecified atom stereocenters. The lowest BCUT2D eigenvalue weighted by molar-refractivity contribution is 0.102. The first-order chi connectivity index (χ1) is 14.2. The first-order valence-electron chi connectivity index (χ1n) is 8.70. The topological polar surface area (TPSA) is 104 Å². The van der Waals surface area contributed by atoms with Crippen LogP contribution in [0.3, 0.4) is 0 Å². The highest BCUT2D eigenvalue weighted by Gasteiger charge is 2.15. The van der Waals surface area contributed by atoms with Crippen LogP contribution in [0.5, 0.6) is 23.0 Å². The van der Waals surface area contributed by atoms with Gasteiger partial charge < -0.3 is 29.6 Å². The Kier molecular flexibility index (Phi) is 5.02. The highest BCUT2D eigenvalue weighted by atomic mass is 16.7. The Labute approximate surface area is 166 Å². The van der Waals surface area contributed by atoms with Gasteiger partial charge in [0.2, 0.25) is 6.79 Å². The van der Waals surface area contributed by atoms with Crippen molar-refractivity contribution in [3.63, 3.8) is 0 Å². The lowest BCUT2D eigenvalue weighted by Crippen LogP contribution is -2.15. The van der Waals surface area contributed by atoms with E-state index in [-0.39, 0.29) is 12.5 Å². The van der Waals surface area contributed by atoms with Crippen LogP contribution in [0.25, 0.3) is 0 Å². The average Bonchev–Trinajstić information content (AvgIpc) is 3.22. The summed E-state index contributed by atoms with van der Waals surface area (Å²) in [6.45, 7) is 0.210. The molecule has 0 bridgehead atoms. The molecule has 0 fully saturated rings. The maximum Gasteiger partial charge on any atom is 0.276 e. The van der Waals surface area contributed by atoms with Gasteiger partial charge in [0, 0.05) is 17.8 Å². The molecule has 0 atom stereocenters. The summed E-state index contributed by atoms with van der Waals surface area (Å²) in [4.78, 5) is 12.5. The van der Waals surface area contributed by atoms with Crippen LogP contribution in [-0.4, -0.2) is 37.1 Å². The molecule has 0 saturated heterocycles. The van der Waals surface area contributed by atoms with E-state index in [0.717, 1.165) is 5.69 Å². The quantitative estimate of drug-likeness (QED) is 0.657. The Bertz CT molecular complexity index is 1040. The fourth-order valence-corrected chi connectivity index (χ4v) is 2.73. The first-order valence-corrected chi connectivity index (χ1v) is 8.70. The zero-order chi connectivity index (χ0) is 20.2. The van der Waals surface area contributed by atoms with E-state index in [9.17, 15) is 4.79 Å². The van der Waals surface area contributed by atoms with Crippen molar-refractivity contribution in [2.45, 2.75) is 0 Å². The Hall–Kier alpha value is -4.01. The molecule has 1 aliphatic heterocycles. The van der Waals surface area contributed by atoms with Crippen LogP contribution in [0.1, 0.15) is 10.5 Å². The van der Waals surface area contributed by atoms with Gasteiger partial charge >= 0.3 is 0 Å². The summed E-state index contributed by atoms with van der Waals surface area (Å²) in [5.41, 5.74) is 1.44. The van der Waals surface area contributed by atoms with Crippen molar-refractivity contribution < 1.29 is 23.7 Å². The van der Waals surface area contributed by atoms with Crippen LogP contribution in [0, 0.1) is 0 Å². The molecule has 2 aromatic carbocycles. The summed E-state index contributed by atoms with van der Waals surface area (Å²) < 4.78 is 21.1. The van der Waals surface area contributed by atoms with Crippen molar-refractivity contribution in [3.8, 4) is 23.0 Å². The van der Waals surface area contributed by atoms with Gasteiger partial charge in [-0.25, -0.2) is 0 Å². The number of hydrogen-bond donors (Lipinski definition) is 2. The van der Waals surface area contributed by atoms with E-state index >= 15 is 0 Å². The van der Waals surface area contributed by atoms with E-state index in [1.54, 1.807) is 43.5 Å². The minimum atomic E-state index is -0.407. The maximum absolute atomic E-state index is 12.5. The van der Waals surface area contributed by atoms with Crippen LogP contribution in [0.2, 0.25) is 0 Å². The molecule has 148 valence electrons. The second-order valence-corrected chi connectivity index (χ2v) is 6.02. The van der Waals surface area contributed by atoms with Crippen LogP contribution in [-0.2, 0) is 0 Å². The number of nitrogens with zero attached hydrogens (tertiary/aromatic N) is 2.